The second kappa shape index (κ2) is 7.85. The van der Waals surface area contributed by atoms with E-state index in [1.54, 1.807) is 12.1 Å². The van der Waals surface area contributed by atoms with Crippen LogP contribution in [0.25, 0.3) is 0 Å². The van der Waals surface area contributed by atoms with E-state index in [-0.39, 0.29) is 6.10 Å². The molecule has 0 heterocycles. The molecule has 0 aliphatic carbocycles. The Labute approximate surface area is 103 Å². The molecule has 0 saturated carbocycles. The highest BCUT2D eigenvalue weighted by atomic mass is 16.5. The Bertz CT molecular complexity index is 336. The highest BCUT2D eigenvalue weighted by molar-refractivity contribution is 5.75. The second-order valence-electron chi connectivity index (χ2n) is 4.05. The van der Waals surface area contributed by atoms with Gasteiger partial charge in [-0.3, -0.25) is 4.79 Å². The van der Waals surface area contributed by atoms with Crippen molar-refractivity contribution in [2.75, 3.05) is 13.2 Å². The Balaban J connectivity index is 2.33. The van der Waals surface area contributed by atoms with Crippen molar-refractivity contribution in [1.29, 1.82) is 0 Å². The summed E-state index contributed by atoms with van der Waals surface area (Å²) in [6.07, 6.45) is 3.02. The van der Waals surface area contributed by atoms with Gasteiger partial charge in [-0.05, 0) is 25.5 Å². The van der Waals surface area contributed by atoms with Crippen molar-refractivity contribution in [2.24, 2.45) is 0 Å². The molecule has 0 spiro atoms. The second-order valence-corrected chi connectivity index (χ2v) is 4.05. The van der Waals surface area contributed by atoms with Gasteiger partial charge in [0.05, 0.1) is 6.61 Å². The average molecular weight is 236 g/mol. The van der Waals surface area contributed by atoms with Gasteiger partial charge in [0, 0.05) is 12.2 Å². The SMILES string of the molecule is CCCCOC[C@@H](C)Oc1cccc(C=O)c1. The molecule has 3 nitrogen and oxygen atoms in total. The minimum Gasteiger partial charge on any atom is -0.488 e. The van der Waals surface area contributed by atoms with E-state index in [1.165, 1.54) is 0 Å². The topological polar surface area (TPSA) is 35.5 Å². The molecule has 17 heavy (non-hydrogen) atoms. The first-order chi connectivity index (χ1) is 8.26. The molecule has 0 radical (unpaired) electrons. The third-order valence-corrected chi connectivity index (χ3v) is 2.33. The van der Waals surface area contributed by atoms with E-state index in [1.807, 2.05) is 19.1 Å². The van der Waals surface area contributed by atoms with Crippen LogP contribution in [-0.4, -0.2) is 25.6 Å². The van der Waals surface area contributed by atoms with Crippen LogP contribution in [0.2, 0.25) is 0 Å². The van der Waals surface area contributed by atoms with E-state index in [2.05, 4.69) is 6.92 Å². The van der Waals surface area contributed by atoms with Crippen LogP contribution in [0.3, 0.4) is 0 Å². The molecule has 0 fully saturated rings. The summed E-state index contributed by atoms with van der Waals surface area (Å²) in [5, 5.41) is 0. The van der Waals surface area contributed by atoms with Crippen molar-refractivity contribution in [3.63, 3.8) is 0 Å². The summed E-state index contributed by atoms with van der Waals surface area (Å²) in [6, 6.07) is 7.14. The summed E-state index contributed by atoms with van der Waals surface area (Å²) in [7, 11) is 0. The smallest absolute Gasteiger partial charge is 0.150 e. The molecular weight excluding hydrogens is 216 g/mol. The van der Waals surface area contributed by atoms with Gasteiger partial charge in [0.1, 0.15) is 18.1 Å². The fourth-order valence-corrected chi connectivity index (χ4v) is 1.42. The van der Waals surface area contributed by atoms with E-state index < -0.39 is 0 Å². The first kappa shape index (κ1) is 13.7. The molecule has 94 valence electrons. The first-order valence-corrected chi connectivity index (χ1v) is 6.06. The molecule has 0 aliphatic heterocycles. The molecule has 1 rings (SSSR count). The number of hydrogen-bond donors (Lipinski definition) is 0. The van der Waals surface area contributed by atoms with Gasteiger partial charge in [0.15, 0.2) is 0 Å². The van der Waals surface area contributed by atoms with E-state index in [0.717, 1.165) is 25.7 Å². The molecule has 0 amide bonds. The summed E-state index contributed by atoms with van der Waals surface area (Å²) < 4.78 is 11.1. The molecule has 0 saturated heterocycles. The van der Waals surface area contributed by atoms with Crippen LogP contribution in [0.1, 0.15) is 37.0 Å². The zero-order chi connectivity index (χ0) is 12.5. The minimum atomic E-state index is -0.00578. The molecule has 0 aromatic heterocycles. The Morgan fingerprint density at radius 1 is 1.41 bits per heavy atom. The highest BCUT2D eigenvalue weighted by Crippen LogP contribution is 2.13. The van der Waals surface area contributed by atoms with Gasteiger partial charge in [0.25, 0.3) is 0 Å². The number of unbranched alkanes of at least 4 members (excludes halogenated alkanes) is 1. The van der Waals surface area contributed by atoms with E-state index in [9.17, 15) is 4.79 Å². The lowest BCUT2D eigenvalue weighted by Crippen LogP contribution is -2.19. The third-order valence-electron chi connectivity index (χ3n) is 2.33. The molecule has 1 aromatic rings. The zero-order valence-corrected chi connectivity index (χ0v) is 10.5. The Morgan fingerprint density at radius 3 is 2.94 bits per heavy atom. The van der Waals surface area contributed by atoms with Crippen LogP contribution in [0.4, 0.5) is 0 Å². The van der Waals surface area contributed by atoms with Gasteiger partial charge in [0.2, 0.25) is 0 Å². The maximum atomic E-state index is 10.6. The number of aldehydes is 1. The monoisotopic (exact) mass is 236 g/mol. The Hall–Kier alpha value is -1.35. The van der Waals surface area contributed by atoms with Gasteiger partial charge < -0.3 is 9.47 Å². The zero-order valence-electron chi connectivity index (χ0n) is 10.5. The molecule has 0 bridgehead atoms. The number of carbonyl (C=O) groups excluding carboxylic acids is 1. The van der Waals surface area contributed by atoms with Crippen molar-refractivity contribution in [3.05, 3.63) is 29.8 Å². The Morgan fingerprint density at radius 2 is 2.24 bits per heavy atom. The van der Waals surface area contributed by atoms with Crippen molar-refractivity contribution in [1.82, 2.24) is 0 Å². The van der Waals surface area contributed by atoms with Gasteiger partial charge in [-0.2, -0.15) is 0 Å². The fourth-order valence-electron chi connectivity index (χ4n) is 1.42. The third kappa shape index (κ3) is 5.50. The van der Waals surface area contributed by atoms with Crippen LogP contribution < -0.4 is 4.74 Å². The summed E-state index contributed by atoms with van der Waals surface area (Å²) in [6.45, 7) is 5.44. The molecular formula is C14H20O3. The number of carbonyl (C=O) groups is 1. The van der Waals surface area contributed by atoms with Gasteiger partial charge >= 0.3 is 0 Å². The lowest BCUT2D eigenvalue weighted by Gasteiger charge is -2.15. The minimum absolute atomic E-state index is 0.00578. The summed E-state index contributed by atoms with van der Waals surface area (Å²) in [5.41, 5.74) is 0.626. The van der Waals surface area contributed by atoms with Crippen molar-refractivity contribution in [3.8, 4) is 5.75 Å². The highest BCUT2D eigenvalue weighted by Gasteiger charge is 2.04. The lowest BCUT2D eigenvalue weighted by molar-refractivity contribution is 0.0571. The summed E-state index contributed by atoms with van der Waals surface area (Å²) in [4.78, 5) is 10.6. The van der Waals surface area contributed by atoms with Gasteiger partial charge in [-0.25, -0.2) is 0 Å². The Kier molecular flexibility index (Phi) is 6.33. The molecule has 0 aliphatic rings. The summed E-state index contributed by atoms with van der Waals surface area (Å²) >= 11 is 0. The van der Waals surface area contributed by atoms with Crippen LogP contribution in [0.5, 0.6) is 5.75 Å². The molecule has 1 aromatic carbocycles. The maximum Gasteiger partial charge on any atom is 0.150 e. The largest absolute Gasteiger partial charge is 0.488 e. The predicted molar refractivity (Wildman–Crippen MR) is 67.6 cm³/mol. The van der Waals surface area contributed by atoms with Gasteiger partial charge in [-0.15, -0.1) is 0 Å². The number of ether oxygens (including phenoxy) is 2. The van der Waals surface area contributed by atoms with E-state index in [0.29, 0.717) is 17.9 Å². The van der Waals surface area contributed by atoms with Crippen LogP contribution in [-0.2, 0) is 4.74 Å². The number of hydrogen-bond acceptors (Lipinski definition) is 3. The molecule has 0 N–H and O–H groups in total. The number of rotatable bonds is 8. The van der Waals surface area contributed by atoms with Crippen molar-refractivity contribution >= 4 is 6.29 Å². The first-order valence-electron chi connectivity index (χ1n) is 6.06. The molecule has 0 unspecified atom stereocenters. The van der Waals surface area contributed by atoms with Crippen LogP contribution >= 0.6 is 0 Å². The van der Waals surface area contributed by atoms with Crippen LogP contribution in [0, 0.1) is 0 Å². The standard InChI is InChI=1S/C14H20O3/c1-3-4-8-16-11-12(2)17-14-7-5-6-13(9-14)10-15/h5-7,9-10,12H,3-4,8,11H2,1-2H3/t12-/m1/s1. The average Bonchev–Trinajstić information content (AvgIpc) is 2.35. The van der Waals surface area contributed by atoms with E-state index in [4.69, 9.17) is 9.47 Å². The molecule has 1 atom stereocenters. The van der Waals surface area contributed by atoms with Gasteiger partial charge in [-0.1, -0.05) is 25.5 Å². The fraction of sp³-hybridized carbons (Fsp3) is 0.500. The normalized spacial score (nSPS) is 12.1. The van der Waals surface area contributed by atoms with E-state index >= 15 is 0 Å². The lowest BCUT2D eigenvalue weighted by atomic mass is 10.2. The van der Waals surface area contributed by atoms with Crippen molar-refractivity contribution in [2.45, 2.75) is 32.8 Å². The quantitative estimate of drug-likeness (QED) is 0.514. The predicted octanol–water partition coefficient (Wildman–Crippen LogP) is 3.08. The number of benzene rings is 1. The van der Waals surface area contributed by atoms with Crippen LogP contribution in [0.15, 0.2) is 24.3 Å². The van der Waals surface area contributed by atoms with Crippen molar-refractivity contribution < 1.29 is 14.3 Å². The maximum absolute atomic E-state index is 10.6. The molecule has 3 heteroatoms. The summed E-state index contributed by atoms with van der Waals surface area (Å²) in [5.74, 6) is 0.709.